The summed E-state index contributed by atoms with van der Waals surface area (Å²) >= 11 is 1.26. The number of fused-ring (bicyclic) bond motifs is 1. The van der Waals surface area contributed by atoms with Gasteiger partial charge in [-0.25, -0.2) is 9.78 Å². The van der Waals surface area contributed by atoms with E-state index >= 15 is 0 Å². The van der Waals surface area contributed by atoms with Crippen molar-refractivity contribution in [3.05, 3.63) is 41.7 Å². The first-order valence-electron chi connectivity index (χ1n) is 7.11. The van der Waals surface area contributed by atoms with Gasteiger partial charge in [-0.1, -0.05) is 36.0 Å². The van der Waals surface area contributed by atoms with Crippen molar-refractivity contribution in [2.75, 3.05) is 12.9 Å². The van der Waals surface area contributed by atoms with E-state index < -0.39 is 12.0 Å². The fourth-order valence-electron chi connectivity index (χ4n) is 2.61. The molecule has 1 amide bonds. The Hall–Kier alpha value is -2.35. The Kier molecular flexibility index (Phi) is 4.61. The van der Waals surface area contributed by atoms with Gasteiger partial charge in [0.25, 0.3) is 0 Å². The van der Waals surface area contributed by atoms with Crippen molar-refractivity contribution in [1.29, 1.82) is 0 Å². The Balaban J connectivity index is 1.77. The number of hydrogen-bond donors (Lipinski definition) is 1. The Morgan fingerprint density at radius 2 is 2.17 bits per heavy atom. The van der Waals surface area contributed by atoms with Gasteiger partial charge in [-0.15, -0.1) is 0 Å². The van der Waals surface area contributed by atoms with E-state index in [9.17, 15) is 9.59 Å². The van der Waals surface area contributed by atoms with E-state index in [0.717, 1.165) is 11.1 Å². The first-order valence-corrected chi connectivity index (χ1v) is 8.10. The summed E-state index contributed by atoms with van der Waals surface area (Å²) in [7, 11) is 1.34. The van der Waals surface area contributed by atoms with Crippen molar-refractivity contribution in [2.45, 2.75) is 24.2 Å². The Bertz CT molecular complexity index is 705. The molecule has 1 atom stereocenters. The molecule has 0 spiro atoms. The molecule has 0 bridgehead atoms. The molecule has 1 aliphatic rings. The molecule has 2 heterocycles. The number of methoxy groups -OCH3 is 1. The first-order chi connectivity index (χ1) is 11.2. The van der Waals surface area contributed by atoms with E-state index in [-0.39, 0.29) is 11.7 Å². The average molecular weight is 332 g/mol. The molecule has 2 aromatic rings. The van der Waals surface area contributed by atoms with Gasteiger partial charge in [-0.3, -0.25) is 9.89 Å². The number of aromatic nitrogens is 3. The number of rotatable bonds is 4. The molecule has 1 N–H and O–H groups in total. The summed E-state index contributed by atoms with van der Waals surface area (Å²) in [4.78, 5) is 30.2. The van der Waals surface area contributed by atoms with Crippen LogP contribution in [0.1, 0.15) is 11.1 Å². The van der Waals surface area contributed by atoms with E-state index in [0.29, 0.717) is 18.1 Å². The minimum Gasteiger partial charge on any atom is -0.467 e. The maximum Gasteiger partial charge on any atom is 0.328 e. The summed E-state index contributed by atoms with van der Waals surface area (Å²) in [5.41, 5.74) is 2.14. The number of carbonyl (C=O) groups is 2. The van der Waals surface area contributed by atoms with Gasteiger partial charge in [0.2, 0.25) is 5.91 Å². The van der Waals surface area contributed by atoms with E-state index in [4.69, 9.17) is 4.74 Å². The predicted octanol–water partition coefficient (Wildman–Crippen LogP) is 1.02. The highest BCUT2D eigenvalue weighted by Crippen LogP contribution is 2.25. The van der Waals surface area contributed by atoms with Crippen LogP contribution in [0.4, 0.5) is 0 Å². The zero-order valence-electron chi connectivity index (χ0n) is 12.6. The molecule has 7 nitrogen and oxygen atoms in total. The van der Waals surface area contributed by atoms with Crippen molar-refractivity contribution >= 4 is 23.6 Å². The van der Waals surface area contributed by atoms with Crippen LogP contribution in [0.2, 0.25) is 0 Å². The predicted molar refractivity (Wildman–Crippen MR) is 83.6 cm³/mol. The van der Waals surface area contributed by atoms with E-state index in [2.05, 4.69) is 15.2 Å². The smallest absolute Gasteiger partial charge is 0.328 e. The first kappa shape index (κ1) is 15.5. The summed E-state index contributed by atoms with van der Waals surface area (Å²) in [5, 5.41) is 7.01. The summed E-state index contributed by atoms with van der Waals surface area (Å²) in [6, 6.07) is 7.24. The number of ether oxygens (including phenoxy) is 1. The molecule has 1 aromatic heterocycles. The topological polar surface area (TPSA) is 88.2 Å². The molecule has 3 rings (SSSR count). The normalized spacial score (nSPS) is 16.7. The van der Waals surface area contributed by atoms with Crippen LogP contribution >= 0.6 is 11.8 Å². The van der Waals surface area contributed by atoms with Crippen molar-refractivity contribution < 1.29 is 14.3 Å². The largest absolute Gasteiger partial charge is 0.467 e. The molecule has 0 unspecified atom stereocenters. The second-order valence-electron chi connectivity index (χ2n) is 5.11. The van der Waals surface area contributed by atoms with Crippen LogP contribution in [0, 0.1) is 0 Å². The number of H-pyrrole nitrogens is 1. The Labute approximate surface area is 137 Å². The minimum absolute atomic E-state index is 0.128. The minimum atomic E-state index is -0.585. The lowest BCUT2D eigenvalue weighted by Crippen LogP contribution is -2.49. The van der Waals surface area contributed by atoms with Crippen LogP contribution in [0.15, 0.2) is 35.7 Å². The molecule has 0 saturated heterocycles. The fourth-order valence-corrected chi connectivity index (χ4v) is 3.27. The molecule has 23 heavy (non-hydrogen) atoms. The molecule has 120 valence electrons. The van der Waals surface area contributed by atoms with Gasteiger partial charge in [0.1, 0.15) is 12.4 Å². The highest BCUT2D eigenvalue weighted by atomic mass is 32.2. The number of aromatic amines is 1. The van der Waals surface area contributed by atoms with Crippen molar-refractivity contribution in [3.8, 4) is 0 Å². The number of carbonyl (C=O) groups excluding carboxylic acids is 2. The van der Waals surface area contributed by atoms with Crippen molar-refractivity contribution in [3.63, 3.8) is 0 Å². The highest BCUT2D eigenvalue weighted by molar-refractivity contribution is 7.99. The zero-order chi connectivity index (χ0) is 16.2. The SMILES string of the molecule is COC(=O)[C@@H]1Cc2ccccc2CN1C(=O)CSc1ncn[nH]1. The summed E-state index contributed by atoms with van der Waals surface area (Å²) < 4.78 is 4.87. The second-order valence-corrected chi connectivity index (χ2v) is 6.08. The third-order valence-corrected chi connectivity index (χ3v) is 4.63. The molecule has 0 saturated carbocycles. The summed E-state index contributed by atoms with van der Waals surface area (Å²) in [6.07, 6.45) is 1.86. The van der Waals surface area contributed by atoms with Crippen LogP contribution < -0.4 is 0 Å². The highest BCUT2D eigenvalue weighted by Gasteiger charge is 2.35. The summed E-state index contributed by atoms with van der Waals surface area (Å²) in [6.45, 7) is 0.408. The van der Waals surface area contributed by atoms with E-state index in [1.165, 1.54) is 25.2 Å². The van der Waals surface area contributed by atoms with E-state index in [1.807, 2.05) is 24.3 Å². The molecule has 1 aliphatic heterocycles. The fraction of sp³-hybridized carbons (Fsp3) is 0.333. The lowest BCUT2D eigenvalue weighted by Gasteiger charge is -2.35. The Morgan fingerprint density at radius 1 is 1.39 bits per heavy atom. The van der Waals surface area contributed by atoms with Gasteiger partial charge >= 0.3 is 5.97 Å². The standard InChI is InChI=1S/C15H16N4O3S/c1-22-14(21)12-6-10-4-2-3-5-11(10)7-19(12)13(20)8-23-15-16-9-17-18-15/h2-5,9,12H,6-8H2,1H3,(H,16,17,18)/t12-/m0/s1. The lowest BCUT2D eigenvalue weighted by atomic mass is 9.94. The molecule has 8 heteroatoms. The van der Waals surface area contributed by atoms with Crippen LogP contribution in [0.3, 0.4) is 0 Å². The quantitative estimate of drug-likeness (QED) is 0.664. The maximum atomic E-state index is 12.6. The molecule has 0 aliphatic carbocycles. The molecule has 0 fully saturated rings. The summed E-state index contributed by atoms with van der Waals surface area (Å²) in [5.74, 6) is -0.334. The van der Waals surface area contributed by atoms with Gasteiger partial charge in [-0.05, 0) is 11.1 Å². The van der Waals surface area contributed by atoms with E-state index in [1.54, 1.807) is 4.90 Å². The van der Waals surface area contributed by atoms with Gasteiger partial charge in [0.15, 0.2) is 5.16 Å². The van der Waals surface area contributed by atoms with Crippen molar-refractivity contribution in [1.82, 2.24) is 20.1 Å². The van der Waals surface area contributed by atoms with Crippen LogP contribution in [-0.4, -0.2) is 50.9 Å². The van der Waals surface area contributed by atoms with Gasteiger partial charge < -0.3 is 9.64 Å². The average Bonchev–Trinajstić information content (AvgIpc) is 3.11. The van der Waals surface area contributed by atoms with Crippen LogP contribution in [0.5, 0.6) is 0 Å². The van der Waals surface area contributed by atoms with Gasteiger partial charge in [-0.2, -0.15) is 5.10 Å². The third-order valence-electron chi connectivity index (χ3n) is 3.77. The number of amides is 1. The van der Waals surface area contributed by atoms with Gasteiger partial charge in [0, 0.05) is 13.0 Å². The van der Waals surface area contributed by atoms with Crippen LogP contribution in [-0.2, 0) is 27.3 Å². The molecule has 1 aromatic carbocycles. The number of benzene rings is 1. The lowest BCUT2D eigenvalue weighted by molar-refractivity contribution is -0.153. The zero-order valence-corrected chi connectivity index (χ0v) is 13.4. The van der Waals surface area contributed by atoms with Crippen LogP contribution in [0.25, 0.3) is 0 Å². The Morgan fingerprint density at radius 3 is 2.87 bits per heavy atom. The number of esters is 1. The molecular formula is C15H16N4O3S. The number of thioether (sulfide) groups is 1. The number of nitrogens with one attached hydrogen (secondary N) is 1. The second kappa shape index (κ2) is 6.82. The number of hydrogen-bond acceptors (Lipinski definition) is 6. The third kappa shape index (κ3) is 3.37. The van der Waals surface area contributed by atoms with Gasteiger partial charge in [0.05, 0.1) is 12.9 Å². The molecular weight excluding hydrogens is 316 g/mol. The maximum absolute atomic E-state index is 12.6. The number of nitrogens with zero attached hydrogens (tertiary/aromatic N) is 3. The van der Waals surface area contributed by atoms with Crippen molar-refractivity contribution in [2.24, 2.45) is 0 Å². The molecule has 0 radical (unpaired) electrons. The monoisotopic (exact) mass is 332 g/mol.